The van der Waals surface area contributed by atoms with Crippen molar-refractivity contribution in [3.63, 3.8) is 0 Å². The number of nitrogens with one attached hydrogen (secondary N) is 3. The van der Waals surface area contributed by atoms with Crippen molar-refractivity contribution >= 4 is 108 Å². The summed E-state index contributed by atoms with van der Waals surface area (Å²) >= 11 is 8.04. The number of amides is 7. The van der Waals surface area contributed by atoms with Gasteiger partial charge >= 0.3 is 5.97 Å². The standard InChI is InChI=1S/C67H68ClFN12O10S/c1-76-53-32-46(49(69)31-42(53)34-72-76)44-12-6-16-52-59(44)60(75-81(52)38-57(84)70-35-56(83)71-36-58(85)86)39-18-25-77(26-19-39)64(88)41-9-8-24-80(37-41)63(87)40-20-27-79(28-21-40)66(90)67(91-54-17-5-3-11-45(54)62-74-51-15-7-13-48(68)61(51)92-62)22-29-78(30-23-67)65(89)47-33-55(82)73-50-14-4-2-10-43(47)50/h2-7,10-17,31-32,34,39-41,47H,8-9,18-30,33,35-38H2,1H3,(H,70,84)(H,71,83)(H,73,82)(H,85,86)/t41?,47-/m0/s1. The molecule has 4 N–H and O–H groups in total. The Labute approximate surface area is 537 Å². The number of anilines is 1. The molecular formula is C67H68ClFN12O10S. The predicted octanol–water partition coefficient (Wildman–Crippen LogP) is 7.73. The molecule has 0 spiro atoms. The summed E-state index contributed by atoms with van der Waals surface area (Å²) in [5, 5.41) is 28.4. The van der Waals surface area contributed by atoms with Crippen molar-refractivity contribution in [3.8, 4) is 27.4 Å². The summed E-state index contributed by atoms with van der Waals surface area (Å²) < 4.78 is 27.3. The number of aliphatic carboxylic acids is 1. The highest BCUT2D eigenvalue weighted by molar-refractivity contribution is 7.22. The summed E-state index contributed by atoms with van der Waals surface area (Å²) in [5.41, 5.74) is 4.20. The molecular weight excluding hydrogens is 1220 g/mol. The number of hydrogen-bond donors (Lipinski definition) is 4. The van der Waals surface area contributed by atoms with Crippen LogP contribution in [0.5, 0.6) is 5.75 Å². The Morgan fingerprint density at radius 3 is 2.23 bits per heavy atom. The maximum Gasteiger partial charge on any atom is 0.322 e. The number of benzene rings is 5. The van der Waals surface area contributed by atoms with E-state index in [4.69, 9.17) is 31.5 Å². The van der Waals surface area contributed by atoms with Crippen LogP contribution in [-0.2, 0) is 51.9 Å². The van der Waals surface area contributed by atoms with Crippen LogP contribution in [0.4, 0.5) is 10.1 Å². The molecule has 8 aromatic rings. The molecule has 5 aromatic carbocycles. The van der Waals surface area contributed by atoms with Crippen molar-refractivity contribution in [2.24, 2.45) is 18.9 Å². The Hall–Kier alpha value is -9.29. The summed E-state index contributed by atoms with van der Waals surface area (Å²) in [6.45, 7) is 1.24. The normalized spacial score (nSPS) is 18.8. The molecule has 8 heterocycles. The minimum atomic E-state index is -1.39. The number of nitrogens with zero attached hydrogens (tertiary/aromatic N) is 9. The van der Waals surface area contributed by atoms with Gasteiger partial charge in [-0.3, -0.25) is 47.7 Å². The number of aromatic nitrogens is 5. The van der Waals surface area contributed by atoms with Gasteiger partial charge in [0.15, 0.2) is 5.60 Å². The Morgan fingerprint density at radius 1 is 0.739 bits per heavy atom. The molecule has 13 rings (SSSR count). The second kappa shape index (κ2) is 25.8. The van der Waals surface area contributed by atoms with E-state index in [1.807, 2.05) is 76.5 Å². The molecule has 3 aromatic heterocycles. The van der Waals surface area contributed by atoms with Gasteiger partial charge in [-0.2, -0.15) is 10.2 Å². The fraction of sp³-hybridized carbons (Fsp3) is 0.388. The van der Waals surface area contributed by atoms with E-state index in [1.165, 1.54) is 22.1 Å². The van der Waals surface area contributed by atoms with Crippen molar-refractivity contribution in [1.82, 2.24) is 54.8 Å². The highest BCUT2D eigenvalue weighted by Crippen LogP contribution is 2.44. The van der Waals surface area contributed by atoms with Crippen LogP contribution in [0.2, 0.25) is 5.02 Å². The minimum absolute atomic E-state index is 0.0147. The Morgan fingerprint density at radius 2 is 1.45 bits per heavy atom. The number of para-hydroxylation sites is 2. The summed E-state index contributed by atoms with van der Waals surface area (Å²) in [4.78, 5) is 120. The summed E-state index contributed by atoms with van der Waals surface area (Å²) in [7, 11) is 1.78. The molecule has 92 heavy (non-hydrogen) atoms. The lowest BCUT2D eigenvalue weighted by molar-refractivity contribution is -0.158. The molecule has 5 aliphatic heterocycles. The van der Waals surface area contributed by atoms with Gasteiger partial charge in [0, 0.05) is 113 Å². The Balaban J connectivity index is 0.674. The van der Waals surface area contributed by atoms with Gasteiger partial charge in [-0.25, -0.2) is 9.37 Å². The molecule has 0 radical (unpaired) electrons. The third-order valence-corrected chi connectivity index (χ3v) is 20.4. The number of carbonyl (C=O) groups is 8. The maximum atomic E-state index is 16.2. The lowest BCUT2D eigenvalue weighted by Gasteiger charge is -2.45. The van der Waals surface area contributed by atoms with Crippen LogP contribution in [-0.4, -0.2) is 168 Å². The number of ether oxygens (including phenoxy) is 1. The number of aryl methyl sites for hydroxylation is 1. The van der Waals surface area contributed by atoms with E-state index < -0.39 is 54.1 Å². The Bertz CT molecular complexity index is 4260. The smallest absolute Gasteiger partial charge is 0.322 e. The summed E-state index contributed by atoms with van der Waals surface area (Å²) in [5.74, 6) is -4.84. The zero-order valence-electron chi connectivity index (χ0n) is 50.6. The fourth-order valence-electron chi connectivity index (χ4n) is 14.0. The maximum absolute atomic E-state index is 16.2. The number of hydrogen-bond acceptors (Lipinski definition) is 13. The first-order valence-corrected chi connectivity index (χ1v) is 32.4. The Kier molecular flexibility index (Phi) is 17.2. The van der Waals surface area contributed by atoms with Gasteiger partial charge in [0.1, 0.15) is 29.7 Å². The lowest BCUT2D eigenvalue weighted by Crippen LogP contribution is -2.60. The van der Waals surface area contributed by atoms with Gasteiger partial charge in [0.05, 0.1) is 62.1 Å². The number of carboxylic acids is 1. The highest BCUT2D eigenvalue weighted by atomic mass is 35.5. The summed E-state index contributed by atoms with van der Waals surface area (Å²) in [6.07, 6.45) is 5.08. The topological polar surface area (TPSA) is 264 Å². The number of halogens is 2. The van der Waals surface area contributed by atoms with E-state index in [2.05, 4.69) is 21.0 Å². The average Bonchev–Trinajstić information content (AvgIpc) is 1.67. The van der Waals surface area contributed by atoms with Gasteiger partial charge in [0.25, 0.3) is 5.91 Å². The van der Waals surface area contributed by atoms with Crippen LogP contribution in [0.25, 0.3) is 53.7 Å². The van der Waals surface area contributed by atoms with Gasteiger partial charge in [0.2, 0.25) is 35.4 Å². The van der Waals surface area contributed by atoms with Crippen molar-refractivity contribution in [3.05, 3.63) is 125 Å². The first-order chi connectivity index (χ1) is 44.5. The SMILES string of the molecule is Cn1ncc2cc(F)c(-c3cccc4c3c(C3CCN(C(=O)C5CCCN(C(=O)C6CCN(C(=O)C7(Oc8ccccc8-c8nc9cccc(Cl)c9s8)CCN(C(=O)[C@H]8CC(=O)Nc9ccccc98)CC7)CC6)C5)CC3)nn4CC(=O)NCC(=O)NCC(=O)O)cc21. The number of thiazole rings is 1. The van der Waals surface area contributed by atoms with Crippen molar-refractivity contribution < 1.29 is 52.6 Å². The van der Waals surface area contributed by atoms with E-state index in [9.17, 15) is 33.6 Å². The molecule has 4 fully saturated rings. The number of carbonyl (C=O) groups excluding carboxylic acids is 7. The molecule has 25 heteroatoms. The third-order valence-electron chi connectivity index (χ3n) is 18.9. The van der Waals surface area contributed by atoms with E-state index in [1.54, 1.807) is 52.0 Å². The monoisotopic (exact) mass is 1290 g/mol. The van der Waals surface area contributed by atoms with Crippen molar-refractivity contribution in [2.75, 3.05) is 70.8 Å². The number of piperidine rings is 4. The van der Waals surface area contributed by atoms with Crippen molar-refractivity contribution in [1.29, 1.82) is 0 Å². The van der Waals surface area contributed by atoms with Crippen LogP contribution in [0, 0.1) is 17.7 Å². The van der Waals surface area contributed by atoms with E-state index in [-0.39, 0.29) is 86.8 Å². The predicted molar refractivity (Wildman–Crippen MR) is 342 cm³/mol. The highest BCUT2D eigenvalue weighted by Gasteiger charge is 2.49. The van der Waals surface area contributed by atoms with Gasteiger partial charge < -0.3 is 45.4 Å². The quantitative estimate of drug-likeness (QED) is 0.0767. The van der Waals surface area contributed by atoms with Crippen LogP contribution >= 0.6 is 22.9 Å². The number of fused-ring (bicyclic) bond motifs is 4. The molecule has 7 amide bonds. The molecule has 476 valence electrons. The van der Waals surface area contributed by atoms with Crippen LogP contribution < -0.4 is 20.7 Å². The van der Waals surface area contributed by atoms with Crippen LogP contribution in [0.3, 0.4) is 0 Å². The fourth-order valence-corrected chi connectivity index (χ4v) is 15.3. The van der Waals surface area contributed by atoms with Crippen LogP contribution in [0.15, 0.2) is 103 Å². The molecule has 2 atom stereocenters. The third kappa shape index (κ3) is 12.2. The largest absolute Gasteiger partial charge is 0.480 e. The zero-order valence-corrected chi connectivity index (χ0v) is 52.1. The van der Waals surface area contributed by atoms with Gasteiger partial charge in [-0.1, -0.05) is 60.1 Å². The number of carboxylic acid groups (broad SMARTS) is 1. The first-order valence-electron chi connectivity index (χ1n) is 31.2. The minimum Gasteiger partial charge on any atom is -0.480 e. The molecule has 22 nitrogen and oxygen atoms in total. The molecule has 4 saturated heterocycles. The second-order valence-corrected chi connectivity index (χ2v) is 26.0. The molecule has 0 aliphatic carbocycles. The molecule has 0 saturated carbocycles. The first kappa shape index (κ1) is 61.6. The number of rotatable bonds is 15. The zero-order chi connectivity index (χ0) is 63.9. The van der Waals surface area contributed by atoms with E-state index in [0.29, 0.717) is 137 Å². The van der Waals surface area contributed by atoms with Gasteiger partial charge in [-0.05, 0) is 98.2 Å². The van der Waals surface area contributed by atoms with Crippen molar-refractivity contribution in [2.45, 2.75) is 81.8 Å². The lowest BCUT2D eigenvalue weighted by atomic mass is 9.85. The molecule has 0 bridgehead atoms. The average molecular weight is 1290 g/mol. The number of likely N-dealkylation sites (tertiary alicyclic amines) is 4. The second-order valence-electron chi connectivity index (χ2n) is 24.6. The van der Waals surface area contributed by atoms with E-state index in [0.717, 1.165) is 15.8 Å². The van der Waals surface area contributed by atoms with Gasteiger partial charge in [-0.15, -0.1) is 11.3 Å². The molecule has 1 unspecified atom stereocenters. The van der Waals surface area contributed by atoms with Crippen LogP contribution in [0.1, 0.15) is 80.9 Å². The van der Waals surface area contributed by atoms with E-state index >= 15 is 9.18 Å². The molecule has 5 aliphatic rings. The summed E-state index contributed by atoms with van der Waals surface area (Å²) in [6, 6.07) is 28.9.